The van der Waals surface area contributed by atoms with Crippen molar-refractivity contribution in [3.63, 3.8) is 0 Å². The molecule has 0 aromatic heterocycles. The smallest absolute Gasteiger partial charge is 0.241 e. The number of benzene rings is 1. The first kappa shape index (κ1) is 16.6. The number of hydrogen-bond donors (Lipinski definition) is 3. The lowest BCUT2D eigenvalue weighted by molar-refractivity contribution is -0.116. The van der Waals surface area contributed by atoms with Crippen molar-refractivity contribution in [3.8, 4) is 0 Å². The molecule has 0 radical (unpaired) electrons. The number of amides is 1. The number of carbonyl (C=O) groups is 1. The van der Waals surface area contributed by atoms with Crippen molar-refractivity contribution in [1.82, 2.24) is 10.0 Å². The maximum Gasteiger partial charge on any atom is 0.241 e. The van der Waals surface area contributed by atoms with E-state index in [2.05, 4.69) is 10.0 Å². The largest absolute Gasteiger partial charge is 0.369 e. The number of nitrogens with one attached hydrogen (secondary N) is 2. The van der Waals surface area contributed by atoms with Gasteiger partial charge in [0, 0.05) is 6.04 Å². The van der Waals surface area contributed by atoms with Crippen LogP contribution in [0.4, 0.5) is 0 Å². The third kappa shape index (κ3) is 4.59. The lowest BCUT2D eigenvalue weighted by Crippen LogP contribution is -2.33. The van der Waals surface area contributed by atoms with Crippen LogP contribution in [0.15, 0.2) is 29.2 Å². The van der Waals surface area contributed by atoms with Gasteiger partial charge in [-0.25, -0.2) is 13.1 Å². The van der Waals surface area contributed by atoms with E-state index in [9.17, 15) is 13.2 Å². The first-order valence-electron chi connectivity index (χ1n) is 6.52. The number of sulfonamides is 1. The average Bonchev–Trinajstić information content (AvgIpc) is 2.43. The molecule has 0 saturated heterocycles. The van der Waals surface area contributed by atoms with Crippen molar-refractivity contribution >= 4 is 15.9 Å². The molecule has 0 aliphatic rings. The third-order valence-electron chi connectivity index (χ3n) is 2.87. The molecule has 1 unspecified atom stereocenters. The first-order chi connectivity index (χ1) is 9.40. The monoisotopic (exact) mass is 299 g/mol. The highest BCUT2D eigenvalue weighted by molar-refractivity contribution is 7.89. The predicted molar refractivity (Wildman–Crippen MR) is 77.5 cm³/mol. The Morgan fingerprint density at radius 3 is 2.60 bits per heavy atom. The van der Waals surface area contributed by atoms with Crippen LogP contribution in [-0.2, 0) is 14.8 Å². The number of nitrogens with two attached hydrogens (primary N) is 1. The zero-order chi connectivity index (χ0) is 15.2. The topological polar surface area (TPSA) is 101 Å². The number of rotatable bonds is 8. The Labute approximate surface area is 119 Å². The summed E-state index contributed by atoms with van der Waals surface area (Å²) in [4.78, 5) is 10.8. The molecule has 4 N–H and O–H groups in total. The van der Waals surface area contributed by atoms with Gasteiger partial charge < -0.3 is 11.1 Å². The summed E-state index contributed by atoms with van der Waals surface area (Å²) in [7, 11) is -3.71. The predicted octanol–water partition coefficient (Wildman–Crippen LogP) is 0.511. The lowest BCUT2D eigenvalue weighted by Gasteiger charge is -2.17. The Balaban J connectivity index is 3.00. The van der Waals surface area contributed by atoms with Crippen LogP contribution in [0.25, 0.3) is 0 Å². The van der Waals surface area contributed by atoms with E-state index in [0.717, 1.165) is 18.5 Å². The fourth-order valence-electron chi connectivity index (χ4n) is 1.89. The number of primary amides is 1. The molecule has 1 atom stereocenters. The van der Waals surface area contributed by atoms with Gasteiger partial charge in [0.25, 0.3) is 0 Å². The molecule has 0 saturated carbocycles. The maximum atomic E-state index is 12.0. The fourth-order valence-corrected chi connectivity index (χ4v) is 2.94. The van der Waals surface area contributed by atoms with Crippen LogP contribution in [0.1, 0.15) is 31.9 Å². The van der Waals surface area contributed by atoms with Gasteiger partial charge in [-0.05, 0) is 30.7 Å². The summed E-state index contributed by atoms with van der Waals surface area (Å²) in [5.74, 6) is -0.719. The Bertz CT molecular complexity index is 558. The van der Waals surface area contributed by atoms with Crippen molar-refractivity contribution in [2.75, 3.05) is 13.1 Å². The highest BCUT2D eigenvalue weighted by Gasteiger charge is 2.17. The molecule has 1 amide bonds. The average molecular weight is 299 g/mol. The van der Waals surface area contributed by atoms with Gasteiger partial charge in [0.1, 0.15) is 0 Å². The summed E-state index contributed by atoms with van der Waals surface area (Å²) in [5, 5.41) is 3.29. The second-order valence-electron chi connectivity index (χ2n) is 4.38. The molecule has 0 heterocycles. The Kier molecular flexibility index (Phi) is 6.12. The minimum absolute atomic E-state index is 0.103. The summed E-state index contributed by atoms with van der Waals surface area (Å²) >= 11 is 0. The van der Waals surface area contributed by atoms with Gasteiger partial charge in [0.2, 0.25) is 15.9 Å². The summed E-state index contributed by atoms with van der Waals surface area (Å²) < 4.78 is 26.2. The minimum atomic E-state index is -3.71. The molecule has 6 nitrogen and oxygen atoms in total. The van der Waals surface area contributed by atoms with E-state index >= 15 is 0 Å². The Morgan fingerprint density at radius 1 is 1.35 bits per heavy atom. The van der Waals surface area contributed by atoms with Crippen LogP contribution in [0, 0.1) is 0 Å². The van der Waals surface area contributed by atoms with Crippen molar-refractivity contribution in [2.24, 2.45) is 5.73 Å². The molecule has 1 aromatic rings. The zero-order valence-electron chi connectivity index (χ0n) is 11.7. The van der Waals surface area contributed by atoms with E-state index in [1.807, 2.05) is 19.9 Å². The number of hydrogen-bond acceptors (Lipinski definition) is 4. The van der Waals surface area contributed by atoms with Crippen LogP contribution >= 0.6 is 0 Å². The third-order valence-corrected chi connectivity index (χ3v) is 4.26. The summed E-state index contributed by atoms with van der Waals surface area (Å²) in [6.45, 7) is 4.42. The molecule has 1 rings (SSSR count). The van der Waals surface area contributed by atoms with E-state index in [1.165, 1.54) is 6.07 Å². The zero-order valence-corrected chi connectivity index (χ0v) is 12.5. The normalized spacial score (nSPS) is 13.1. The molecule has 0 aliphatic heterocycles. The molecule has 0 spiro atoms. The van der Waals surface area contributed by atoms with Crippen LogP contribution in [0.3, 0.4) is 0 Å². The van der Waals surface area contributed by atoms with E-state index in [1.54, 1.807) is 12.1 Å². The van der Waals surface area contributed by atoms with Gasteiger partial charge in [0.05, 0.1) is 11.4 Å². The quantitative estimate of drug-likeness (QED) is 0.651. The van der Waals surface area contributed by atoms with Crippen LogP contribution in [0.2, 0.25) is 0 Å². The van der Waals surface area contributed by atoms with Crippen molar-refractivity contribution in [2.45, 2.75) is 31.2 Å². The highest BCUT2D eigenvalue weighted by Crippen LogP contribution is 2.20. The molecule has 0 fully saturated rings. The van der Waals surface area contributed by atoms with E-state index in [-0.39, 0.29) is 10.9 Å². The molecule has 1 aromatic carbocycles. The van der Waals surface area contributed by atoms with E-state index in [4.69, 9.17) is 5.73 Å². The fraction of sp³-hybridized carbons (Fsp3) is 0.462. The van der Waals surface area contributed by atoms with Gasteiger partial charge in [-0.15, -0.1) is 0 Å². The lowest BCUT2D eigenvalue weighted by atomic mass is 10.0. The number of carbonyl (C=O) groups excluding carboxylic acids is 1. The Hall–Kier alpha value is -1.44. The molecule has 112 valence electrons. The molecule has 7 heteroatoms. The molecule has 0 aliphatic carbocycles. The van der Waals surface area contributed by atoms with Gasteiger partial charge in [0.15, 0.2) is 0 Å². The Morgan fingerprint density at radius 2 is 2.05 bits per heavy atom. The van der Waals surface area contributed by atoms with Gasteiger partial charge in [-0.3, -0.25) is 4.79 Å². The summed E-state index contributed by atoms with van der Waals surface area (Å²) in [6.07, 6.45) is 0.853. The van der Waals surface area contributed by atoms with Gasteiger partial charge in [-0.2, -0.15) is 0 Å². The molecular formula is C13H21N3O3S. The van der Waals surface area contributed by atoms with Gasteiger partial charge >= 0.3 is 0 Å². The van der Waals surface area contributed by atoms with Crippen molar-refractivity contribution < 1.29 is 13.2 Å². The molecule has 20 heavy (non-hydrogen) atoms. The maximum absolute atomic E-state index is 12.0. The van der Waals surface area contributed by atoms with Crippen LogP contribution < -0.4 is 15.8 Å². The van der Waals surface area contributed by atoms with Crippen LogP contribution in [0.5, 0.6) is 0 Å². The van der Waals surface area contributed by atoms with Gasteiger partial charge in [-0.1, -0.05) is 26.0 Å². The summed E-state index contributed by atoms with van der Waals surface area (Å²) in [6, 6.07) is 6.77. The SMILES string of the molecule is CCNC(CC)c1cccc(S(=O)(=O)NCC(N)=O)c1. The molecule has 0 bridgehead atoms. The second kappa shape index (κ2) is 7.37. The first-order valence-corrected chi connectivity index (χ1v) is 8.00. The second-order valence-corrected chi connectivity index (χ2v) is 6.15. The molecular weight excluding hydrogens is 278 g/mol. The van der Waals surface area contributed by atoms with Crippen molar-refractivity contribution in [1.29, 1.82) is 0 Å². The minimum Gasteiger partial charge on any atom is -0.369 e. The van der Waals surface area contributed by atoms with E-state index < -0.39 is 22.5 Å². The van der Waals surface area contributed by atoms with Crippen molar-refractivity contribution in [3.05, 3.63) is 29.8 Å². The van der Waals surface area contributed by atoms with Crippen LogP contribution in [-0.4, -0.2) is 27.4 Å². The highest BCUT2D eigenvalue weighted by atomic mass is 32.2. The van der Waals surface area contributed by atoms with E-state index in [0.29, 0.717) is 0 Å². The standard InChI is InChI=1S/C13H21N3O3S/c1-3-12(15-4-2)10-6-5-7-11(8-10)20(18,19)16-9-13(14)17/h5-8,12,15-16H,3-4,9H2,1-2H3,(H2,14,17). The summed E-state index contributed by atoms with van der Waals surface area (Å²) in [5.41, 5.74) is 5.84.